The van der Waals surface area contributed by atoms with Crippen molar-refractivity contribution in [3.63, 3.8) is 0 Å². The van der Waals surface area contributed by atoms with E-state index in [0.717, 1.165) is 43.0 Å². The molecule has 2 aromatic rings. The Balaban J connectivity index is 1.82. The quantitative estimate of drug-likeness (QED) is 0.925. The molecule has 1 aliphatic heterocycles. The average molecular weight is 299 g/mol. The zero-order chi connectivity index (χ0) is 15.5. The zero-order valence-electron chi connectivity index (χ0n) is 13.0. The van der Waals surface area contributed by atoms with E-state index in [4.69, 9.17) is 0 Å². The summed E-state index contributed by atoms with van der Waals surface area (Å²) in [6.45, 7) is 3.63. The minimum atomic E-state index is 0.00767. The summed E-state index contributed by atoms with van der Waals surface area (Å²) < 4.78 is 2.29. The predicted octanol–water partition coefficient (Wildman–Crippen LogP) is 2.23. The van der Waals surface area contributed by atoms with E-state index in [1.54, 1.807) is 13.2 Å². The summed E-state index contributed by atoms with van der Waals surface area (Å²) in [5, 5.41) is 2.69. The van der Waals surface area contributed by atoms with Crippen molar-refractivity contribution in [1.82, 2.24) is 24.8 Å². The van der Waals surface area contributed by atoms with Gasteiger partial charge in [0.2, 0.25) is 0 Å². The number of piperidine rings is 1. The lowest BCUT2D eigenvalue weighted by Gasteiger charge is -2.33. The SMILES string of the molecule is CNC(=O)N1CCC(n2c(C)cnc2-c2cccnc2)CC1. The van der Waals surface area contributed by atoms with Crippen LogP contribution in [0.15, 0.2) is 30.7 Å². The van der Waals surface area contributed by atoms with Crippen molar-refractivity contribution < 1.29 is 4.79 Å². The number of pyridine rings is 1. The number of hydrogen-bond donors (Lipinski definition) is 1. The van der Waals surface area contributed by atoms with Crippen molar-refractivity contribution in [3.8, 4) is 11.4 Å². The molecule has 0 bridgehead atoms. The van der Waals surface area contributed by atoms with Crippen LogP contribution < -0.4 is 5.32 Å². The molecule has 1 saturated heterocycles. The van der Waals surface area contributed by atoms with E-state index in [2.05, 4.69) is 26.8 Å². The van der Waals surface area contributed by atoms with Crippen molar-refractivity contribution >= 4 is 6.03 Å². The van der Waals surface area contributed by atoms with Gasteiger partial charge < -0.3 is 14.8 Å². The fraction of sp³-hybridized carbons (Fsp3) is 0.438. The molecule has 116 valence electrons. The molecule has 1 aliphatic rings. The molecule has 0 radical (unpaired) electrons. The molecule has 2 amide bonds. The van der Waals surface area contributed by atoms with Crippen molar-refractivity contribution in [3.05, 3.63) is 36.4 Å². The molecular weight excluding hydrogens is 278 g/mol. The van der Waals surface area contributed by atoms with Gasteiger partial charge in [-0.15, -0.1) is 0 Å². The van der Waals surface area contributed by atoms with E-state index < -0.39 is 0 Å². The lowest BCUT2D eigenvalue weighted by atomic mass is 10.0. The highest BCUT2D eigenvalue weighted by atomic mass is 16.2. The van der Waals surface area contributed by atoms with Gasteiger partial charge in [0.15, 0.2) is 0 Å². The van der Waals surface area contributed by atoms with Gasteiger partial charge in [-0.1, -0.05) is 0 Å². The average Bonchev–Trinajstić information content (AvgIpc) is 2.96. The topological polar surface area (TPSA) is 63.1 Å². The standard InChI is InChI=1S/C16H21N5O/c1-12-10-19-15(13-4-3-7-18-11-13)21(12)14-5-8-20(9-6-14)16(22)17-2/h3-4,7,10-11,14H,5-6,8-9H2,1-2H3,(H,17,22). The van der Waals surface area contributed by atoms with E-state index in [1.165, 1.54) is 0 Å². The number of aromatic nitrogens is 3. The number of nitrogens with one attached hydrogen (secondary N) is 1. The predicted molar refractivity (Wildman–Crippen MR) is 84.5 cm³/mol. The summed E-state index contributed by atoms with van der Waals surface area (Å²) in [7, 11) is 1.68. The van der Waals surface area contributed by atoms with Gasteiger partial charge in [0.05, 0.1) is 0 Å². The number of rotatable bonds is 2. The third-order valence-electron chi connectivity index (χ3n) is 4.23. The third-order valence-corrected chi connectivity index (χ3v) is 4.23. The van der Waals surface area contributed by atoms with Crippen LogP contribution >= 0.6 is 0 Å². The van der Waals surface area contributed by atoms with Gasteiger partial charge in [0.1, 0.15) is 5.82 Å². The van der Waals surface area contributed by atoms with E-state index in [1.807, 2.05) is 29.4 Å². The van der Waals surface area contributed by atoms with E-state index >= 15 is 0 Å². The Hall–Kier alpha value is -2.37. The first-order valence-corrected chi connectivity index (χ1v) is 7.61. The molecule has 1 N–H and O–H groups in total. The van der Waals surface area contributed by atoms with Crippen molar-refractivity contribution in [2.45, 2.75) is 25.8 Å². The first kappa shape index (κ1) is 14.6. The molecule has 0 spiro atoms. The first-order chi connectivity index (χ1) is 10.7. The van der Waals surface area contributed by atoms with Gasteiger partial charge in [-0.2, -0.15) is 0 Å². The van der Waals surface area contributed by atoms with E-state index in [-0.39, 0.29) is 6.03 Å². The number of imidazole rings is 1. The van der Waals surface area contributed by atoms with Gasteiger partial charge in [0.25, 0.3) is 0 Å². The Kier molecular flexibility index (Phi) is 4.09. The number of carbonyl (C=O) groups excluding carboxylic acids is 1. The van der Waals surface area contributed by atoms with Crippen LogP contribution in [0, 0.1) is 6.92 Å². The highest BCUT2D eigenvalue weighted by Crippen LogP contribution is 2.29. The molecule has 2 aromatic heterocycles. The summed E-state index contributed by atoms with van der Waals surface area (Å²) in [5.74, 6) is 0.962. The van der Waals surface area contributed by atoms with Crippen molar-refractivity contribution in [2.24, 2.45) is 0 Å². The molecule has 0 unspecified atom stereocenters. The van der Waals surface area contributed by atoms with Gasteiger partial charge in [-0.05, 0) is 31.9 Å². The number of hydrogen-bond acceptors (Lipinski definition) is 3. The van der Waals surface area contributed by atoms with Gasteiger partial charge >= 0.3 is 6.03 Å². The maximum atomic E-state index is 11.7. The smallest absolute Gasteiger partial charge is 0.317 e. The summed E-state index contributed by atoms with van der Waals surface area (Å²) in [6, 6.07) is 4.34. The third kappa shape index (κ3) is 2.68. The van der Waals surface area contributed by atoms with E-state index in [0.29, 0.717) is 6.04 Å². The molecule has 0 atom stereocenters. The number of carbonyl (C=O) groups is 1. The van der Waals surface area contributed by atoms with Crippen LogP contribution in [0.2, 0.25) is 0 Å². The number of likely N-dealkylation sites (tertiary alicyclic amines) is 1. The Morgan fingerprint density at radius 3 is 2.73 bits per heavy atom. The Labute approximate surface area is 130 Å². The molecule has 0 aromatic carbocycles. The second-order valence-electron chi connectivity index (χ2n) is 5.61. The molecular formula is C16H21N5O. The van der Waals surface area contributed by atoms with E-state index in [9.17, 15) is 4.79 Å². The number of nitrogens with zero attached hydrogens (tertiary/aromatic N) is 4. The molecule has 1 fully saturated rings. The largest absolute Gasteiger partial charge is 0.341 e. The van der Waals surface area contributed by atoms with Crippen molar-refractivity contribution in [2.75, 3.05) is 20.1 Å². The van der Waals surface area contributed by atoms with Gasteiger partial charge in [-0.3, -0.25) is 4.98 Å². The lowest BCUT2D eigenvalue weighted by molar-refractivity contribution is 0.173. The molecule has 22 heavy (non-hydrogen) atoms. The zero-order valence-corrected chi connectivity index (χ0v) is 13.0. The van der Waals surface area contributed by atoms with Crippen LogP contribution in [0.5, 0.6) is 0 Å². The molecule has 6 heteroatoms. The normalized spacial score (nSPS) is 15.8. The minimum absolute atomic E-state index is 0.00767. The van der Waals surface area contributed by atoms with Gasteiger partial charge in [-0.25, -0.2) is 9.78 Å². The summed E-state index contributed by atoms with van der Waals surface area (Å²) in [5.41, 5.74) is 2.18. The second kappa shape index (κ2) is 6.17. The number of urea groups is 1. The van der Waals surface area contributed by atoms with Crippen LogP contribution in [-0.4, -0.2) is 45.6 Å². The Morgan fingerprint density at radius 1 is 1.32 bits per heavy atom. The Morgan fingerprint density at radius 2 is 2.09 bits per heavy atom. The summed E-state index contributed by atoms with van der Waals surface area (Å²) in [4.78, 5) is 22.3. The van der Waals surface area contributed by atoms with Crippen LogP contribution in [0.25, 0.3) is 11.4 Å². The first-order valence-electron chi connectivity index (χ1n) is 7.61. The molecule has 3 rings (SSSR count). The van der Waals surface area contributed by atoms with Crippen LogP contribution in [0.3, 0.4) is 0 Å². The lowest BCUT2D eigenvalue weighted by Crippen LogP contribution is -2.43. The van der Waals surface area contributed by atoms with Crippen LogP contribution in [0.4, 0.5) is 4.79 Å². The maximum absolute atomic E-state index is 11.7. The fourth-order valence-corrected chi connectivity index (χ4v) is 3.10. The second-order valence-corrected chi connectivity index (χ2v) is 5.61. The highest BCUT2D eigenvalue weighted by Gasteiger charge is 2.26. The highest BCUT2D eigenvalue weighted by molar-refractivity contribution is 5.73. The number of aryl methyl sites for hydroxylation is 1. The molecule has 6 nitrogen and oxygen atoms in total. The monoisotopic (exact) mass is 299 g/mol. The summed E-state index contributed by atoms with van der Waals surface area (Å²) >= 11 is 0. The molecule has 0 aliphatic carbocycles. The number of amides is 2. The maximum Gasteiger partial charge on any atom is 0.317 e. The van der Waals surface area contributed by atoms with Crippen LogP contribution in [0.1, 0.15) is 24.6 Å². The molecule has 3 heterocycles. The minimum Gasteiger partial charge on any atom is -0.341 e. The summed E-state index contributed by atoms with van der Waals surface area (Å²) in [6.07, 6.45) is 7.41. The van der Waals surface area contributed by atoms with Crippen LogP contribution in [-0.2, 0) is 0 Å². The fourth-order valence-electron chi connectivity index (χ4n) is 3.10. The Bertz CT molecular complexity index is 644. The van der Waals surface area contributed by atoms with Crippen molar-refractivity contribution in [1.29, 1.82) is 0 Å². The molecule has 0 saturated carbocycles. The van der Waals surface area contributed by atoms with Gasteiger partial charge in [0, 0.05) is 56.0 Å².